The van der Waals surface area contributed by atoms with Crippen molar-refractivity contribution in [1.29, 1.82) is 5.26 Å². The number of methoxy groups -OCH3 is 1. The molecule has 1 aromatic carbocycles. The molecule has 1 N–H and O–H groups in total. The highest BCUT2D eigenvalue weighted by molar-refractivity contribution is 5.64. The lowest BCUT2D eigenvalue weighted by atomic mass is 10.2. The monoisotopic (exact) mass is 207 g/mol. The third-order valence-electron chi connectivity index (χ3n) is 1.76. The van der Waals surface area contributed by atoms with Crippen LogP contribution in [0.5, 0.6) is 5.75 Å². The molecule has 0 amide bonds. The minimum Gasteiger partial charge on any atom is -0.496 e. The van der Waals surface area contributed by atoms with Gasteiger partial charge in [-0.2, -0.15) is 5.26 Å². The molecule has 0 radical (unpaired) electrons. The Morgan fingerprint density at radius 2 is 2.40 bits per heavy atom. The van der Waals surface area contributed by atoms with E-state index in [2.05, 4.69) is 5.32 Å². The van der Waals surface area contributed by atoms with Crippen LogP contribution in [0, 0.1) is 21.4 Å². The number of nitriles is 1. The first kappa shape index (κ1) is 10.8. The number of ether oxygens (including phenoxy) is 1. The highest BCUT2D eigenvalue weighted by Gasteiger charge is 2.14. The Hall–Kier alpha value is -2.29. The summed E-state index contributed by atoms with van der Waals surface area (Å²) >= 11 is 0. The van der Waals surface area contributed by atoms with E-state index in [4.69, 9.17) is 10.00 Å². The first-order chi connectivity index (χ1) is 7.19. The molecular formula is C9H9N3O3. The zero-order valence-corrected chi connectivity index (χ0v) is 8.06. The van der Waals surface area contributed by atoms with Gasteiger partial charge in [0, 0.05) is 0 Å². The third kappa shape index (κ3) is 2.57. The van der Waals surface area contributed by atoms with E-state index in [1.165, 1.54) is 19.2 Å². The Morgan fingerprint density at radius 3 is 2.93 bits per heavy atom. The van der Waals surface area contributed by atoms with Crippen molar-refractivity contribution in [2.45, 2.75) is 0 Å². The zero-order chi connectivity index (χ0) is 11.3. The Morgan fingerprint density at radius 1 is 1.67 bits per heavy atom. The molecule has 0 saturated heterocycles. The largest absolute Gasteiger partial charge is 0.496 e. The summed E-state index contributed by atoms with van der Waals surface area (Å²) < 4.78 is 4.87. The molecule has 6 heteroatoms. The van der Waals surface area contributed by atoms with E-state index in [9.17, 15) is 10.1 Å². The van der Waals surface area contributed by atoms with Crippen LogP contribution in [0.25, 0.3) is 0 Å². The molecule has 0 aliphatic rings. The normalized spacial score (nSPS) is 9.07. The molecular weight excluding hydrogens is 198 g/mol. The summed E-state index contributed by atoms with van der Waals surface area (Å²) in [6.45, 7) is 0.0210. The van der Waals surface area contributed by atoms with Crippen LogP contribution in [0.3, 0.4) is 0 Å². The molecule has 0 heterocycles. The summed E-state index contributed by atoms with van der Waals surface area (Å²) in [6, 6.07) is 6.25. The summed E-state index contributed by atoms with van der Waals surface area (Å²) in [5, 5.41) is 21.7. The molecule has 15 heavy (non-hydrogen) atoms. The molecule has 0 aromatic heterocycles. The number of hydrogen-bond donors (Lipinski definition) is 1. The minimum atomic E-state index is -0.526. The second kappa shape index (κ2) is 4.81. The number of hydrogen-bond acceptors (Lipinski definition) is 5. The second-order valence-electron chi connectivity index (χ2n) is 2.65. The van der Waals surface area contributed by atoms with Gasteiger partial charge < -0.3 is 10.1 Å². The van der Waals surface area contributed by atoms with Crippen molar-refractivity contribution in [3.05, 3.63) is 28.3 Å². The Labute approximate surface area is 86.2 Å². The summed E-state index contributed by atoms with van der Waals surface area (Å²) in [4.78, 5) is 10.2. The molecule has 1 aromatic rings. The van der Waals surface area contributed by atoms with Gasteiger partial charge in [0.15, 0.2) is 0 Å². The molecule has 0 spiro atoms. The minimum absolute atomic E-state index is 0.0210. The maximum Gasteiger partial charge on any atom is 0.296 e. The fraction of sp³-hybridized carbons (Fsp3) is 0.222. The van der Waals surface area contributed by atoms with Gasteiger partial charge in [0.05, 0.1) is 24.2 Å². The van der Waals surface area contributed by atoms with Crippen LogP contribution in [0.2, 0.25) is 0 Å². The summed E-state index contributed by atoms with van der Waals surface area (Å²) in [6.07, 6.45) is 0. The number of benzene rings is 1. The van der Waals surface area contributed by atoms with Crippen molar-refractivity contribution < 1.29 is 9.66 Å². The van der Waals surface area contributed by atoms with Crippen molar-refractivity contribution in [1.82, 2.24) is 0 Å². The van der Waals surface area contributed by atoms with Crippen molar-refractivity contribution >= 4 is 11.4 Å². The predicted octanol–water partition coefficient (Wildman–Crippen LogP) is 1.54. The number of nitro groups is 1. The maximum atomic E-state index is 10.7. The van der Waals surface area contributed by atoms with E-state index in [0.717, 1.165) is 0 Å². The standard InChI is InChI=1S/C9H9N3O3/c1-15-7-2-3-8(11-5-4-10)9(6-7)12(13)14/h2-3,6,11H,5H2,1H3. The highest BCUT2D eigenvalue weighted by Crippen LogP contribution is 2.28. The maximum absolute atomic E-state index is 10.7. The van der Waals surface area contributed by atoms with Gasteiger partial charge >= 0.3 is 0 Å². The van der Waals surface area contributed by atoms with E-state index in [1.807, 2.05) is 6.07 Å². The van der Waals surface area contributed by atoms with Gasteiger partial charge in [-0.1, -0.05) is 0 Å². The molecule has 78 valence electrons. The lowest BCUT2D eigenvalue weighted by Crippen LogP contribution is -2.02. The molecule has 0 atom stereocenters. The molecule has 0 bridgehead atoms. The van der Waals surface area contributed by atoms with E-state index in [1.54, 1.807) is 6.07 Å². The topological polar surface area (TPSA) is 88.2 Å². The Kier molecular flexibility index (Phi) is 3.46. The Bertz CT molecular complexity index is 412. The van der Waals surface area contributed by atoms with E-state index in [-0.39, 0.29) is 12.2 Å². The van der Waals surface area contributed by atoms with Crippen molar-refractivity contribution in [2.24, 2.45) is 0 Å². The zero-order valence-electron chi connectivity index (χ0n) is 8.06. The smallest absolute Gasteiger partial charge is 0.296 e. The van der Waals surface area contributed by atoms with Crippen LogP contribution >= 0.6 is 0 Å². The van der Waals surface area contributed by atoms with E-state index >= 15 is 0 Å². The molecule has 1 rings (SSSR count). The average molecular weight is 207 g/mol. The Balaban J connectivity index is 3.05. The fourth-order valence-electron chi connectivity index (χ4n) is 1.07. The summed E-state index contributed by atoms with van der Waals surface area (Å²) in [7, 11) is 1.43. The van der Waals surface area contributed by atoms with Crippen molar-refractivity contribution in [3.8, 4) is 11.8 Å². The molecule has 0 saturated carbocycles. The van der Waals surface area contributed by atoms with E-state index in [0.29, 0.717) is 11.4 Å². The lowest BCUT2D eigenvalue weighted by Gasteiger charge is -2.05. The summed E-state index contributed by atoms with van der Waals surface area (Å²) in [5.41, 5.74) is 0.201. The van der Waals surface area contributed by atoms with Gasteiger partial charge in [0.1, 0.15) is 18.0 Å². The van der Waals surface area contributed by atoms with Crippen LogP contribution in [0.1, 0.15) is 0 Å². The number of anilines is 1. The van der Waals surface area contributed by atoms with Crippen LogP contribution in [0.15, 0.2) is 18.2 Å². The number of nitro benzene ring substituents is 1. The molecule has 0 aliphatic carbocycles. The van der Waals surface area contributed by atoms with E-state index < -0.39 is 4.92 Å². The SMILES string of the molecule is COc1ccc(NCC#N)c([N+](=O)[O-])c1. The van der Waals surface area contributed by atoms with Gasteiger partial charge in [0.25, 0.3) is 5.69 Å². The number of nitrogens with one attached hydrogen (secondary N) is 1. The third-order valence-corrected chi connectivity index (χ3v) is 1.76. The fourth-order valence-corrected chi connectivity index (χ4v) is 1.07. The van der Waals surface area contributed by atoms with Crippen LogP contribution in [-0.2, 0) is 0 Å². The van der Waals surface area contributed by atoms with Crippen molar-refractivity contribution in [3.63, 3.8) is 0 Å². The van der Waals surface area contributed by atoms with Crippen LogP contribution in [0.4, 0.5) is 11.4 Å². The second-order valence-corrected chi connectivity index (χ2v) is 2.65. The first-order valence-corrected chi connectivity index (χ1v) is 4.12. The first-order valence-electron chi connectivity index (χ1n) is 4.12. The number of nitrogens with zero attached hydrogens (tertiary/aromatic N) is 2. The summed E-state index contributed by atoms with van der Waals surface area (Å²) in [5.74, 6) is 0.407. The van der Waals surface area contributed by atoms with Gasteiger partial charge in [-0.05, 0) is 12.1 Å². The average Bonchev–Trinajstić information content (AvgIpc) is 2.26. The lowest BCUT2D eigenvalue weighted by molar-refractivity contribution is -0.384. The van der Waals surface area contributed by atoms with Crippen molar-refractivity contribution in [2.75, 3.05) is 19.0 Å². The van der Waals surface area contributed by atoms with Gasteiger partial charge in [0.2, 0.25) is 0 Å². The molecule has 0 aliphatic heterocycles. The van der Waals surface area contributed by atoms with Gasteiger partial charge in [-0.25, -0.2) is 0 Å². The number of rotatable bonds is 4. The van der Waals surface area contributed by atoms with Gasteiger partial charge in [-0.15, -0.1) is 0 Å². The molecule has 6 nitrogen and oxygen atoms in total. The molecule has 0 unspecified atom stereocenters. The molecule has 0 fully saturated rings. The van der Waals surface area contributed by atoms with Crippen LogP contribution in [-0.4, -0.2) is 18.6 Å². The van der Waals surface area contributed by atoms with Gasteiger partial charge in [-0.3, -0.25) is 10.1 Å². The van der Waals surface area contributed by atoms with Crippen LogP contribution < -0.4 is 10.1 Å². The predicted molar refractivity (Wildman–Crippen MR) is 53.8 cm³/mol. The highest BCUT2D eigenvalue weighted by atomic mass is 16.6. The quantitative estimate of drug-likeness (QED) is 0.459.